The van der Waals surface area contributed by atoms with Crippen molar-refractivity contribution in [2.75, 3.05) is 60.6 Å². The molecule has 0 unspecified atom stereocenters. The molecule has 5 saturated heterocycles. The third-order valence-electron chi connectivity index (χ3n) is 32.1. The van der Waals surface area contributed by atoms with Crippen LogP contribution in [0, 0.1) is 49.4 Å². The standard InChI is InChI=1S/C31H37N3O5S.C30H38N4O3S.C29H37N5O2S.C28H36N4O2S/c1-4-19(2)28(35)33-27(20-13-16-39-17-14-20)30(36)34-15-7-10-26(34)29-32-25(18-40-29)23-11-12-24(31(37)38-3)22-9-6-5-8-21(22)23;1-4-19(2)27(35)32-26(20-11-6-5-7-12-20)30(37)34-16-10-15-25(34)28-31-24(18-38-28)23-17-33(3)29(36)22-14-9-8-13-21(22)23;1-18-16-22(21-12-7-8-13-23(21)31-18)24-17-37-28(32-24)25-14-9-15-34(25)29(36)26(20-10-5-4-6-11-20)33-27(35)19(2)30-3;1-6-17(2)25(31-26(33)19(4)29-5)28(34)32-15-9-12-24(32)27-30-23(16-35-27)22-14-13-18(3)20-10-7-8-11-21(20)22/h5-6,8-9,11-12,18-20,26-27H,4,7,10,13-17H2,1-3H3,(H,33,35);8-9,13-14,17-20,25-26H,4-7,10-12,15-16H2,1-3H3,(H,32,35);7-8,12-13,16-17,19-20,25-26,30H,4-6,9-11,14-15H2,1-3H3,(H,33,35);7-8,10-11,13-14,16-17,19,24-25,29H,6,9,12,15H2,1-5H3,(H,31,33)/t19-,26+,27+;19-,25+,26+;19-,25-,26-;17-,19-,24-,25-/m1100/s1. The summed E-state index contributed by atoms with van der Waals surface area (Å²) in [6, 6.07) is 39.0. The molecule has 0 radical (unpaired) electrons. The number of nitrogens with one attached hydrogen (secondary N) is 6. The maximum absolute atomic E-state index is 14.1. The van der Waals surface area contributed by atoms with E-state index in [9.17, 15) is 47.9 Å². The number of likely N-dealkylation sites (tertiary alicyclic amines) is 4. The molecule has 0 spiro atoms. The first kappa shape index (κ1) is 111. The summed E-state index contributed by atoms with van der Waals surface area (Å²) in [7, 11) is 6.67. The third kappa shape index (κ3) is 25.2. The zero-order valence-corrected chi connectivity index (χ0v) is 92.5. The second kappa shape index (κ2) is 51.5. The van der Waals surface area contributed by atoms with Crippen molar-refractivity contribution in [2.45, 2.75) is 277 Å². The number of aromatic nitrogens is 6. The van der Waals surface area contributed by atoms with Crippen LogP contribution >= 0.6 is 45.3 Å². The number of esters is 1. The smallest absolute Gasteiger partial charge is 0.338 e. The normalized spacial score (nSPS) is 19.5. The first-order valence-corrected chi connectivity index (χ1v) is 57.9. The number of thiazole rings is 4. The van der Waals surface area contributed by atoms with E-state index in [2.05, 4.69) is 110 Å². The van der Waals surface area contributed by atoms with E-state index in [0.717, 1.165) is 233 Å². The molecule has 796 valence electrons. The van der Waals surface area contributed by atoms with E-state index < -0.39 is 24.2 Å². The van der Waals surface area contributed by atoms with Gasteiger partial charge in [0, 0.05) is 125 Å². The van der Waals surface area contributed by atoms with Crippen molar-refractivity contribution < 1.29 is 52.6 Å². The van der Waals surface area contributed by atoms with Crippen molar-refractivity contribution in [1.82, 2.24) is 81.0 Å². The van der Waals surface area contributed by atoms with E-state index >= 15 is 0 Å². The topological polar surface area (TPSA) is 344 Å². The molecule has 5 aliphatic heterocycles. The summed E-state index contributed by atoms with van der Waals surface area (Å²) in [5.74, 6) is -0.433. The molecule has 12 aromatic rings. The summed E-state index contributed by atoms with van der Waals surface area (Å²) in [5.41, 5.74) is 11.2. The molecule has 8 amide bonds. The highest BCUT2D eigenvalue weighted by Gasteiger charge is 2.46. The van der Waals surface area contributed by atoms with Gasteiger partial charge in [0.05, 0.1) is 77.2 Å². The summed E-state index contributed by atoms with van der Waals surface area (Å²) in [6.45, 7) is 23.6. The number of fused-ring (bicyclic) bond motifs is 4. The van der Waals surface area contributed by atoms with Gasteiger partial charge in [0.15, 0.2) is 0 Å². The maximum atomic E-state index is 14.1. The van der Waals surface area contributed by atoms with E-state index in [4.69, 9.17) is 29.4 Å². The van der Waals surface area contributed by atoms with Crippen LogP contribution in [0.3, 0.4) is 0 Å². The van der Waals surface area contributed by atoms with Crippen molar-refractivity contribution in [1.29, 1.82) is 0 Å². The summed E-state index contributed by atoms with van der Waals surface area (Å²) in [5, 5.41) is 37.2. The Morgan fingerprint density at radius 2 is 0.773 bits per heavy atom. The zero-order chi connectivity index (χ0) is 106. The number of benzene rings is 6. The first-order valence-electron chi connectivity index (χ1n) is 54.3. The van der Waals surface area contributed by atoms with E-state index in [-0.39, 0.29) is 131 Å². The lowest BCUT2D eigenvalue weighted by Crippen LogP contribution is -2.55. The number of carbonyl (C=O) groups is 9. The largest absolute Gasteiger partial charge is 0.465 e. The van der Waals surface area contributed by atoms with Crippen molar-refractivity contribution in [3.63, 3.8) is 0 Å². The number of ether oxygens (including phenoxy) is 2. The van der Waals surface area contributed by atoms with Gasteiger partial charge in [0.25, 0.3) is 5.56 Å². The number of aryl methyl sites for hydroxylation is 3. The molecule has 0 bridgehead atoms. The molecule has 150 heavy (non-hydrogen) atoms. The minimum atomic E-state index is -0.555. The van der Waals surface area contributed by atoms with E-state index in [1.807, 2.05) is 158 Å². The Bertz CT molecular complexity index is 6830. The fourth-order valence-electron chi connectivity index (χ4n) is 22.3. The Morgan fingerprint density at radius 3 is 1.21 bits per heavy atom. The summed E-state index contributed by atoms with van der Waals surface area (Å²) in [4.78, 5) is 165. The van der Waals surface area contributed by atoms with Crippen LogP contribution < -0.4 is 37.5 Å². The van der Waals surface area contributed by atoms with Gasteiger partial charge in [0.1, 0.15) is 44.2 Å². The van der Waals surface area contributed by atoms with Gasteiger partial charge in [0.2, 0.25) is 47.3 Å². The van der Waals surface area contributed by atoms with E-state index in [1.165, 1.54) is 36.3 Å². The average Bonchev–Trinajstić information content (AvgIpc) is 1.54. The molecule has 7 aliphatic rings. The predicted octanol–water partition coefficient (Wildman–Crippen LogP) is 20.9. The highest BCUT2D eigenvalue weighted by Crippen LogP contribution is 2.46. The second-order valence-electron chi connectivity index (χ2n) is 41.8. The van der Waals surface area contributed by atoms with Gasteiger partial charge < -0.3 is 65.5 Å². The number of hydrogen-bond acceptors (Lipinski definition) is 23. The number of hydrogen-bond donors (Lipinski definition) is 6. The molecule has 2 aliphatic carbocycles. The summed E-state index contributed by atoms with van der Waals surface area (Å²) < 4.78 is 12.1. The quantitative estimate of drug-likeness (QED) is 0.0228. The van der Waals surface area contributed by atoms with Gasteiger partial charge in [-0.1, -0.05) is 190 Å². The van der Waals surface area contributed by atoms with E-state index in [1.54, 1.807) is 84.0 Å². The minimum absolute atomic E-state index is 0.00367. The van der Waals surface area contributed by atoms with Crippen LogP contribution in [0.5, 0.6) is 0 Å². The van der Waals surface area contributed by atoms with Crippen LogP contribution in [0.4, 0.5) is 0 Å². The molecule has 13 atom stereocenters. The fraction of sp³-hybridized carbons (Fsp3) is 0.500. The number of likely N-dealkylation sites (N-methyl/N-ethyl adjacent to an activating group) is 2. The molecule has 6 aromatic carbocycles. The molecule has 6 aromatic heterocycles. The summed E-state index contributed by atoms with van der Waals surface area (Å²) in [6.07, 6.45) is 23.6. The molecule has 32 heteroatoms. The van der Waals surface area contributed by atoms with Crippen LogP contribution in [-0.4, -0.2) is 199 Å². The number of pyridine rings is 2. The van der Waals surface area contributed by atoms with Crippen molar-refractivity contribution in [3.05, 3.63) is 202 Å². The number of nitrogens with zero attached hydrogens (tertiary/aromatic N) is 10. The molecule has 28 nitrogen and oxygen atoms in total. The highest BCUT2D eigenvalue weighted by atomic mass is 32.1. The molecule has 6 N–H and O–H groups in total. The Morgan fingerprint density at radius 1 is 0.400 bits per heavy atom. The first-order chi connectivity index (χ1) is 72.6. The van der Waals surface area contributed by atoms with Crippen LogP contribution in [0.15, 0.2) is 160 Å². The number of para-hydroxylation sites is 1. The Balaban J connectivity index is 0.000000143. The number of methoxy groups -OCH3 is 1. The van der Waals surface area contributed by atoms with Crippen molar-refractivity contribution >= 4 is 142 Å². The number of rotatable bonds is 30. The van der Waals surface area contributed by atoms with Gasteiger partial charge in [-0.2, -0.15) is 0 Å². The SMILES string of the molecule is CC[C@@H](C)C(=O)N[C@H](C(=O)N1CCC[C@H]1c1nc(-c2ccc(C(=O)OC)c3ccccc23)cs1)C1CCOCC1.CC[C@@H](C)C(=O)N[C@H](C(=O)N1CCC[C@H]1c1nc(-c2cn(C)c(=O)c3ccccc23)cs1)C1CCCCC1.CC[C@H](C)[C@H](NC(=O)[C@H](C)NC)C(=O)N1CCC[C@H]1c1nc(-c2ccc(C)c3ccccc23)cs1.CN[C@@H](C)C(=O)N[C@H](C(=O)N1CCC[C@H]1c1nc(-c2cc(C)nc3ccccc23)cs1)C1CCCCC1. The van der Waals surface area contributed by atoms with Crippen molar-refractivity contribution in [2.24, 2.45) is 42.6 Å². The van der Waals surface area contributed by atoms with Gasteiger partial charge in [-0.3, -0.25) is 48.1 Å². The zero-order valence-electron chi connectivity index (χ0n) is 89.3. The third-order valence-corrected chi connectivity index (χ3v) is 35.9. The van der Waals surface area contributed by atoms with Crippen molar-refractivity contribution in [3.8, 4) is 45.0 Å². The van der Waals surface area contributed by atoms with Crippen LogP contribution in [0.25, 0.3) is 88.2 Å². The number of carbonyl (C=O) groups excluding carboxylic acids is 9. The van der Waals surface area contributed by atoms with Gasteiger partial charge in [-0.15, -0.1) is 45.3 Å². The minimum Gasteiger partial charge on any atom is -0.465 e. The number of amides is 8. The molecule has 11 heterocycles. The Labute approximate surface area is 897 Å². The van der Waals surface area contributed by atoms with Crippen LogP contribution in [-0.2, 0) is 54.9 Å². The van der Waals surface area contributed by atoms with Gasteiger partial charge in [-0.25, -0.2) is 24.7 Å². The Kier molecular flexibility index (Phi) is 38.0. The van der Waals surface area contributed by atoms with Gasteiger partial charge in [-0.05, 0) is 225 Å². The molecule has 2 saturated carbocycles. The lowest BCUT2D eigenvalue weighted by molar-refractivity contribution is -0.140. The highest BCUT2D eigenvalue weighted by molar-refractivity contribution is 7.11. The molecular weight excluding hydrogens is 1960 g/mol. The fourth-order valence-corrected chi connectivity index (χ4v) is 26.2. The molecule has 19 rings (SSSR count). The van der Waals surface area contributed by atoms with Gasteiger partial charge >= 0.3 is 5.97 Å². The maximum Gasteiger partial charge on any atom is 0.338 e. The van der Waals surface area contributed by atoms with Crippen LogP contribution in [0.1, 0.15) is 269 Å². The lowest BCUT2D eigenvalue weighted by atomic mass is 9.83. The van der Waals surface area contributed by atoms with E-state index in [0.29, 0.717) is 50.3 Å². The Hall–Kier alpha value is -11.9. The molecular formula is C118H148N16O12S4. The monoisotopic (exact) mass is 2110 g/mol. The average molecular weight is 2110 g/mol. The predicted molar refractivity (Wildman–Crippen MR) is 599 cm³/mol. The second-order valence-corrected chi connectivity index (χ2v) is 45.3. The molecule has 7 fully saturated rings. The summed E-state index contributed by atoms with van der Waals surface area (Å²) >= 11 is 6.37. The van der Waals surface area contributed by atoms with Crippen LogP contribution in [0.2, 0.25) is 0 Å². The lowest BCUT2D eigenvalue weighted by Gasteiger charge is -2.35.